The number of fused-ring (bicyclic) bond motifs is 1. The maximum atomic E-state index is 13.3. The molecule has 4 amide bonds. The SMILES string of the molecule is CC(NC(=O)CN1C(=O)NC(C)(c2ccc3c(c2)OCCCO3)C1=O)c1ccc(-c2ccccc2)cc1. The van der Waals surface area contributed by atoms with Crippen molar-refractivity contribution in [2.75, 3.05) is 19.8 Å². The summed E-state index contributed by atoms with van der Waals surface area (Å²) in [6.45, 7) is 4.17. The van der Waals surface area contributed by atoms with Crippen molar-refractivity contribution in [3.05, 3.63) is 83.9 Å². The minimum Gasteiger partial charge on any atom is -0.490 e. The van der Waals surface area contributed by atoms with Crippen molar-refractivity contribution in [1.29, 1.82) is 0 Å². The second kappa shape index (κ2) is 9.97. The molecule has 0 aliphatic carbocycles. The molecule has 8 heteroatoms. The number of nitrogens with zero attached hydrogens (tertiary/aromatic N) is 1. The van der Waals surface area contributed by atoms with Gasteiger partial charge in [0.15, 0.2) is 11.5 Å². The molecule has 0 radical (unpaired) electrons. The van der Waals surface area contributed by atoms with Crippen LogP contribution in [-0.4, -0.2) is 42.5 Å². The van der Waals surface area contributed by atoms with E-state index in [-0.39, 0.29) is 12.6 Å². The van der Waals surface area contributed by atoms with Crippen LogP contribution in [0.5, 0.6) is 11.5 Å². The van der Waals surface area contributed by atoms with E-state index in [9.17, 15) is 14.4 Å². The lowest BCUT2D eigenvalue weighted by atomic mass is 9.91. The summed E-state index contributed by atoms with van der Waals surface area (Å²) in [4.78, 5) is 39.8. The Kier molecular flexibility index (Phi) is 6.56. The molecule has 2 atom stereocenters. The second-order valence-corrected chi connectivity index (χ2v) is 9.44. The van der Waals surface area contributed by atoms with E-state index in [0.29, 0.717) is 30.3 Å². The van der Waals surface area contributed by atoms with Gasteiger partial charge in [0.05, 0.1) is 19.3 Å². The third-order valence-corrected chi connectivity index (χ3v) is 6.80. The fourth-order valence-electron chi connectivity index (χ4n) is 4.62. The van der Waals surface area contributed by atoms with Crippen LogP contribution in [0.4, 0.5) is 4.79 Å². The van der Waals surface area contributed by atoms with E-state index >= 15 is 0 Å². The zero-order chi connectivity index (χ0) is 26.0. The molecule has 37 heavy (non-hydrogen) atoms. The van der Waals surface area contributed by atoms with Crippen molar-refractivity contribution in [3.63, 3.8) is 0 Å². The monoisotopic (exact) mass is 499 g/mol. The number of ether oxygens (including phenoxy) is 2. The molecule has 0 aromatic heterocycles. The highest BCUT2D eigenvalue weighted by molar-refractivity contribution is 6.09. The van der Waals surface area contributed by atoms with Gasteiger partial charge in [-0.3, -0.25) is 14.5 Å². The van der Waals surface area contributed by atoms with Gasteiger partial charge in [0.25, 0.3) is 5.91 Å². The Labute approximate surface area is 215 Å². The lowest BCUT2D eigenvalue weighted by Gasteiger charge is -2.23. The van der Waals surface area contributed by atoms with Crippen LogP contribution in [0.15, 0.2) is 72.8 Å². The third-order valence-electron chi connectivity index (χ3n) is 6.80. The smallest absolute Gasteiger partial charge is 0.325 e. The number of hydrogen-bond donors (Lipinski definition) is 2. The molecule has 3 aromatic rings. The predicted octanol–water partition coefficient (Wildman–Crippen LogP) is 4.16. The molecule has 1 saturated heterocycles. The van der Waals surface area contributed by atoms with Gasteiger partial charge in [-0.05, 0) is 48.2 Å². The summed E-state index contributed by atoms with van der Waals surface area (Å²) in [6, 6.07) is 22.2. The molecular weight excluding hydrogens is 470 g/mol. The number of rotatable bonds is 6. The summed E-state index contributed by atoms with van der Waals surface area (Å²) in [5.74, 6) is 0.207. The minimum atomic E-state index is -1.32. The average molecular weight is 500 g/mol. The molecule has 0 bridgehead atoms. The quantitative estimate of drug-likeness (QED) is 0.497. The Morgan fingerprint density at radius 3 is 2.38 bits per heavy atom. The predicted molar refractivity (Wildman–Crippen MR) is 138 cm³/mol. The van der Waals surface area contributed by atoms with Crippen LogP contribution >= 0.6 is 0 Å². The van der Waals surface area contributed by atoms with Crippen LogP contribution in [-0.2, 0) is 15.1 Å². The van der Waals surface area contributed by atoms with Crippen molar-refractivity contribution in [1.82, 2.24) is 15.5 Å². The number of nitrogens with one attached hydrogen (secondary N) is 2. The van der Waals surface area contributed by atoms with Crippen LogP contribution in [0.3, 0.4) is 0 Å². The second-order valence-electron chi connectivity index (χ2n) is 9.44. The van der Waals surface area contributed by atoms with E-state index in [1.807, 2.05) is 61.5 Å². The zero-order valence-electron chi connectivity index (χ0n) is 20.8. The van der Waals surface area contributed by atoms with E-state index in [0.717, 1.165) is 28.0 Å². The average Bonchev–Trinajstić information content (AvgIpc) is 3.06. The van der Waals surface area contributed by atoms with E-state index in [2.05, 4.69) is 10.6 Å². The Hall–Kier alpha value is -4.33. The van der Waals surface area contributed by atoms with Crippen molar-refractivity contribution in [3.8, 4) is 22.6 Å². The fourth-order valence-corrected chi connectivity index (χ4v) is 4.62. The first-order valence-electron chi connectivity index (χ1n) is 12.3. The number of imide groups is 1. The van der Waals surface area contributed by atoms with Crippen molar-refractivity contribution >= 4 is 17.8 Å². The Bertz CT molecular complexity index is 1330. The first kappa shape index (κ1) is 24.4. The molecule has 2 N–H and O–H groups in total. The molecule has 0 spiro atoms. The molecule has 1 fully saturated rings. The molecule has 190 valence electrons. The fraction of sp³-hybridized carbons (Fsp3) is 0.276. The van der Waals surface area contributed by atoms with E-state index in [4.69, 9.17) is 9.47 Å². The molecule has 0 saturated carbocycles. The molecule has 2 heterocycles. The van der Waals surface area contributed by atoms with Crippen LogP contribution in [0.2, 0.25) is 0 Å². The van der Waals surface area contributed by atoms with Gasteiger partial charge in [-0.15, -0.1) is 0 Å². The van der Waals surface area contributed by atoms with Crippen molar-refractivity contribution in [2.45, 2.75) is 31.8 Å². The van der Waals surface area contributed by atoms with Crippen LogP contribution in [0.1, 0.15) is 37.4 Å². The number of urea groups is 1. The van der Waals surface area contributed by atoms with Crippen LogP contribution in [0.25, 0.3) is 11.1 Å². The van der Waals surface area contributed by atoms with Crippen LogP contribution < -0.4 is 20.1 Å². The lowest BCUT2D eigenvalue weighted by Crippen LogP contribution is -2.43. The number of amides is 4. The highest BCUT2D eigenvalue weighted by atomic mass is 16.5. The van der Waals surface area contributed by atoms with Crippen LogP contribution in [0, 0.1) is 0 Å². The molecule has 8 nitrogen and oxygen atoms in total. The summed E-state index contributed by atoms with van der Waals surface area (Å²) < 4.78 is 11.4. The van der Waals surface area contributed by atoms with Gasteiger partial charge in [-0.1, -0.05) is 60.7 Å². The Morgan fingerprint density at radius 1 is 0.973 bits per heavy atom. The van der Waals surface area contributed by atoms with Gasteiger partial charge in [0.2, 0.25) is 5.91 Å². The molecule has 5 rings (SSSR count). The standard InChI is InChI=1S/C29H29N3O5/c1-19(20-9-11-22(12-10-20)21-7-4-3-5-8-21)30-26(33)18-32-27(34)29(2,31-28(32)35)23-13-14-24-25(17-23)37-16-6-15-36-24/h3-5,7-14,17,19H,6,15-16,18H2,1-2H3,(H,30,33)(H,31,35). The largest absolute Gasteiger partial charge is 0.490 e. The topological polar surface area (TPSA) is 97.0 Å². The molecule has 2 aliphatic rings. The molecule has 2 aliphatic heterocycles. The summed E-state index contributed by atoms with van der Waals surface area (Å²) in [5.41, 5.74) is 2.35. The maximum absolute atomic E-state index is 13.3. The van der Waals surface area contributed by atoms with E-state index in [1.165, 1.54) is 0 Å². The molecular formula is C29H29N3O5. The summed E-state index contributed by atoms with van der Waals surface area (Å²) in [6.07, 6.45) is 0.759. The normalized spacial score (nSPS) is 19.7. The number of carbonyl (C=O) groups excluding carboxylic acids is 3. The number of carbonyl (C=O) groups is 3. The van der Waals surface area contributed by atoms with Gasteiger partial charge in [0.1, 0.15) is 12.1 Å². The van der Waals surface area contributed by atoms with Gasteiger partial charge in [0, 0.05) is 6.42 Å². The number of hydrogen-bond acceptors (Lipinski definition) is 5. The summed E-state index contributed by atoms with van der Waals surface area (Å²) in [7, 11) is 0. The Balaban J connectivity index is 1.24. The minimum absolute atomic E-state index is 0.300. The van der Waals surface area contributed by atoms with Gasteiger partial charge in [-0.25, -0.2) is 4.79 Å². The Morgan fingerprint density at radius 2 is 1.65 bits per heavy atom. The maximum Gasteiger partial charge on any atom is 0.325 e. The van der Waals surface area contributed by atoms with Gasteiger partial charge >= 0.3 is 6.03 Å². The van der Waals surface area contributed by atoms with Gasteiger partial charge < -0.3 is 20.1 Å². The first-order chi connectivity index (χ1) is 17.8. The summed E-state index contributed by atoms with van der Waals surface area (Å²) >= 11 is 0. The number of benzene rings is 3. The van der Waals surface area contributed by atoms with Crippen molar-refractivity contribution < 1.29 is 23.9 Å². The molecule has 2 unspecified atom stereocenters. The highest BCUT2D eigenvalue weighted by Crippen LogP contribution is 2.36. The third kappa shape index (κ3) is 4.87. The van der Waals surface area contributed by atoms with E-state index < -0.39 is 23.4 Å². The van der Waals surface area contributed by atoms with E-state index in [1.54, 1.807) is 25.1 Å². The highest BCUT2D eigenvalue weighted by Gasteiger charge is 2.49. The zero-order valence-corrected chi connectivity index (χ0v) is 20.8. The lowest BCUT2D eigenvalue weighted by molar-refractivity contribution is -0.135. The molecule has 3 aromatic carbocycles. The van der Waals surface area contributed by atoms with Gasteiger partial charge in [-0.2, -0.15) is 0 Å². The first-order valence-corrected chi connectivity index (χ1v) is 12.3. The van der Waals surface area contributed by atoms with Crippen molar-refractivity contribution in [2.24, 2.45) is 0 Å². The summed E-state index contributed by atoms with van der Waals surface area (Å²) in [5, 5.41) is 5.63.